The molecule has 3 rings (SSSR count). The molecule has 0 aromatic heterocycles. The fourth-order valence-corrected chi connectivity index (χ4v) is 2.01. The number of benzene rings is 2. The number of rotatable bonds is 4. The Morgan fingerprint density at radius 3 is 2.55 bits per heavy atom. The van der Waals surface area contributed by atoms with Crippen molar-refractivity contribution in [3.63, 3.8) is 0 Å². The molecule has 0 amide bonds. The van der Waals surface area contributed by atoms with Crippen LogP contribution in [0.25, 0.3) is 11.1 Å². The number of phenols is 1. The van der Waals surface area contributed by atoms with Crippen LogP contribution in [0.1, 0.15) is 23.2 Å². The normalized spacial score (nSPS) is 14.0. The highest BCUT2D eigenvalue weighted by molar-refractivity contribution is 5.92. The summed E-state index contributed by atoms with van der Waals surface area (Å²) in [6.07, 6.45) is 2.50. The van der Waals surface area contributed by atoms with E-state index in [9.17, 15) is 9.90 Å². The SMILES string of the molecule is O=C(O)c1cc(-c2cccc(OC3CC3)c2)ccc1O. The fourth-order valence-electron chi connectivity index (χ4n) is 2.01. The van der Waals surface area contributed by atoms with Gasteiger partial charge in [0.2, 0.25) is 0 Å². The molecule has 0 saturated heterocycles. The lowest BCUT2D eigenvalue weighted by Gasteiger charge is -2.08. The van der Waals surface area contributed by atoms with Crippen LogP contribution in [0.3, 0.4) is 0 Å². The van der Waals surface area contributed by atoms with E-state index in [1.807, 2.05) is 24.3 Å². The number of hydrogen-bond donors (Lipinski definition) is 2. The van der Waals surface area contributed by atoms with E-state index in [1.54, 1.807) is 6.07 Å². The molecule has 20 heavy (non-hydrogen) atoms. The number of ether oxygens (including phenoxy) is 1. The van der Waals surface area contributed by atoms with Crippen LogP contribution < -0.4 is 4.74 Å². The molecule has 0 aliphatic heterocycles. The fraction of sp³-hybridized carbons (Fsp3) is 0.188. The second-order valence-electron chi connectivity index (χ2n) is 4.88. The van der Waals surface area contributed by atoms with Crippen molar-refractivity contribution in [1.29, 1.82) is 0 Å². The van der Waals surface area contributed by atoms with E-state index in [4.69, 9.17) is 9.84 Å². The van der Waals surface area contributed by atoms with Crippen molar-refractivity contribution in [3.05, 3.63) is 48.0 Å². The molecule has 1 saturated carbocycles. The number of carboxylic acids is 1. The summed E-state index contributed by atoms with van der Waals surface area (Å²) in [5, 5.41) is 18.6. The average Bonchev–Trinajstić information content (AvgIpc) is 3.23. The predicted molar refractivity (Wildman–Crippen MR) is 74.2 cm³/mol. The Morgan fingerprint density at radius 1 is 1.10 bits per heavy atom. The molecule has 0 bridgehead atoms. The quantitative estimate of drug-likeness (QED) is 0.894. The molecular formula is C16H14O4. The highest BCUT2D eigenvalue weighted by Crippen LogP contribution is 2.31. The van der Waals surface area contributed by atoms with Gasteiger partial charge in [-0.05, 0) is 48.2 Å². The second-order valence-corrected chi connectivity index (χ2v) is 4.88. The molecule has 0 heterocycles. The summed E-state index contributed by atoms with van der Waals surface area (Å²) >= 11 is 0. The van der Waals surface area contributed by atoms with Crippen molar-refractivity contribution in [2.75, 3.05) is 0 Å². The summed E-state index contributed by atoms with van der Waals surface area (Å²) in [5.41, 5.74) is 1.50. The highest BCUT2D eigenvalue weighted by atomic mass is 16.5. The van der Waals surface area contributed by atoms with E-state index in [0.717, 1.165) is 29.7 Å². The van der Waals surface area contributed by atoms with E-state index in [2.05, 4.69) is 0 Å². The van der Waals surface area contributed by atoms with Gasteiger partial charge >= 0.3 is 5.97 Å². The van der Waals surface area contributed by atoms with Gasteiger partial charge in [0.25, 0.3) is 0 Å². The van der Waals surface area contributed by atoms with Crippen LogP contribution in [0.2, 0.25) is 0 Å². The summed E-state index contributed by atoms with van der Waals surface area (Å²) in [5.74, 6) is -0.587. The van der Waals surface area contributed by atoms with Gasteiger partial charge in [0.05, 0.1) is 6.10 Å². The first kappa shape index (κ1) is 12.5. The molecule has 0 atom stereocenters. The third-order valence-electron chi connectivity index (χ3n) is 3.22. The molecule has 2 aromatic carbocycles. The summed E-state index contributed by atoms with van der Waals surface area (Å²) in [6, 6.07) is 12.1. The van der Waals surface area contributed by atoms with E-state index >= 15 is 0 Å². The lowest BCUT2D eigenvalue weighted by Crippen LogP contribution is -1.97. The monoisotopic (exact) mass is 270 g/mol. The second kappa shape index (κ2) is 4.89. The number of carbonyl (C=O) groups is 1. The van der Waals surface area contributed by atoms with E-state index in [-0.39, 0.29) is 11.3 Å². The zero-order valence-corrected chi connectivity index (χ0v) is 10.7. The Bertz CT molecular complexity index is 659. The molecule has 1 aliphatic rings. The Labute approximate surface area is 116 Å². The topological polar surface area (TPSA) is 66.8 Å². The summed E-state index contributed by atoms with van der Waals surface area (Å²) in [7, 11) is 0. The van der Waals surface area contributed by atoms with Crippen molar-refractivity contribution in [3.8, 4) is 22.6 Å². The van der Waals surface area contributed by atoms with Gasteiger partial charge in [0.15, 0.2) is 0 Å². The minimum Gasteiger partial charge on any atom is -0.507 e. The van der Waals surface area contributed by atoms with Gasteiger partial charge in [-0.15, -0.1) is 0 Å². The molecule has 0 spiro atoms. The van der Waals surface area contributed by atoms with Crippen LogP contribution in [0.4, 0.5) is 0 Å². The average molecular weight is 270 g/mol. The smallest absolute Gasteiger partial charge is 0.339 e. The Hall–Kier alpha value is -2.49. The third kappa shape index (κ3) is 2.59. The van der Waals surface area contributed by atoms with Crippen LogP contribution >= 0.6 is 0 Å². The standard InChI is InChI=1S/C16H14O4/c17-15-7-4-11(9-14(15)16(18)19)10-2-1-3-13(8-10)20-12-5-6-12/h1-4,7-9,12,17H,5-6H2,(H,18,19). The molecule has 0 unspecified atom stereocenters. The van der Waals surface area contributed by atoms with Crippen molar-refractivity contribution in [1.82, 2.24) is 0 Å². The van der Waals surface area contributed by atoms with Crippen molar-refractivity contribution >= 4 is 5.97 Å². The molecule has 102 valence electrons. The minimum atomic E-state index is -1.14. The van der Waals surface area contributed by atoms with Crippen LogP contribution in [0.15, 0.2) is 42.5 Å². The highest BCUT2D eigenvalue weighted by Gasteiger charge is 2.23. The molecular weight excluding hydrogens is 256 g/mol. The number of aromatic hydroxyl groups is 1. The zero-order valence-electron chi connectivity index (χ0n) is 10.7. The molecule has 2 aromatic rings. The molecule has 2 N–H and O–H groups in total. The van der Waals surface area contributed by atoms with Crippen molar-refractivity contribution in [2.24, 2.45) is 0 Å². The van der Waals surface area contributed by atoms with E-state index in [1.165, 1.54) is 12.1 Å². The number of hydrogen-bond acceptors (Lipinski definition) is 3. The van der Waals surface area contributed by atoms with Gasteiger partial charge in [-0.2, -0.15) is 0 Å². The zero-order chi connectivity index (χ0) is 14.1. The molecule has 4 nitrogen and oxygen atoms in total. The number of carboxylic acid groups (broad SMARTS) is 1. The van der Waals surface area contributed by atoms with Gasteiger partial charge in [0.1, 0.15) is 17.1 Å². The maximum atomic E-state index is 11.0. The van der Waals surface area contributed by atoms with Gasteiger partial charge in [-0.3, -0.25) is 0 Å². The van der Waals surface area contributed by atoms with Gasteiger partial charge < -0.3 is 14.9 Å². The maximum absolute atomic E-state index is 11.0. The van der Waals surface area contributed by atoms with Crippen molar-refractivity contribution < 1.29 is 19.7 Å². The van der Waals surface area contributed by atoms with Gasteiger partial charge in [-0.1, -0.05) is 18.2 Å². The maximum Gasteiger partial charge on any atom is 0.339 e. The number of aromatic carboxylic acids is 1. The van der Waals surface area contributed by atoms with Gasteiger partial charge in [-0.25, -0.2) is 4.79 Å². The summed E-state index contributed by atoms with van der Waals surface area (Å²) < 4.78 is 5.72. The summed E-state index contributed by atoms with van der Waals surface area (Å²) in [4.78, 5) is 11.0. The first-order valence-electron chi connectivity index (χ1n) is 6.47. The lowest BCUT2D eigenvalue weighted by molar-refractivity contribution is 0.0694. The molecule has 1 aliphatic carbocycles. The Morgan fingerprint density at radius 2 is 1.85 bits per heavy atom. The predicted octanol–water partition coefficient (Wildman–Crippen LogP) is 3.30. The van der Waals surface area contributed by atoms with Crippen LogP contribution in [-0.4, -0.2) is 22.3 Å². The molecule has 1 fully saturated rings. The van der Waals surface area contributed by atoms with E-state index < -0.39 is 5.97 Å². The Balaban J connectivity index is 1.95. The van der Waals surface area contributed by atoms with Gasteiger partial charge in [0, 0.05) is 0 Å². The Kier molecular flexibility index (Phi) is 3.06. The van der Waals surface area contributed by atoms with Crippen molar-refractivity contribution in [2.45, 2.75) is 18.9 Å². The van der Waals surface area contributed by atoms with Crippen LogP contribution in [0.5, 0.6) is 11.5 Å². The van der Waals surface area contributed by atoms with Crippen LogP contribution in [-0.2, 0) is 0 Å². The first-order valence-corrected chi connectivity index (χ1v) is 6.47. The summed E-state index contributed by atoms with van der Waals surface area (Å²) in [6.45, 7) is 0. The minimum absolute atomic E-state index is 0.101. The van der Waals surface area contributed by atoms with E-state index in [0.29, 0.717) is 6.10 Å². The molecule has 0 radical (unpaired) electrons. The van der Waals surface area contributed by atoms with Crippen LogP contribution in [0, 0.1) is 0 Å². The largest absolute Gasteiger partial charge is 0.507 e. The third-order valence-corrected chi connectivity index (χ3v) is 3.22. The lowest BCUT2D eigenvalue weighted by atomic mass is 10.0. The molecule has 4 heteroatoms. The first-order chi connectivity index (χ1) is 9.63.